The maximum Gasteiger partial charge on any atom is 0.316 e. The first kappa shape index (κ1) is 10.6. The first-order valence-electron chi connectivity index (χ1n) is 5.15. The van der Waals surface area contributed by atoms with Crippen LogP contribution in [0.5, 0.6) is 0 Å². The first-order valence-corrected chi connectivity index (χ1v) is 5.15. The maximum atomic E-state index is 11.5. The molecule has 5 nitrogen and oxygen atoms in total. The van der Waals surface area contributed by atoms with Gasteiger partial charge in [0.15, 0.2) is 11.5 Å². The molecule has 0 aromatic carbocycles. The summed E-state index contributed by atoms with van der Waals surface area (Å²) in [7, 11) is 1.38. The maximum absolute atomic E-state index is 11.5. The van der Waals surface area contributed by atoms with Crippen molar-refractivity contribution in [3.8, 4) is 0 Å². The Morgan fingerprint density at radius 1 is 1.56 bits per heavy atom. The molecule has 2 heterocycles. The quantitative estimate of drug-likeness (QED) is 0.732. The second kappa shape index (κ2) is 4.30. The number of fused-ring (bicyclic) bond motifs is 1. The molecule has 0 spiro atoms. The van der Waals surface area contributed by atoms with Gasteiger partial charge < -0.3 is 4.74 Å². The third kappa shape index (κ3) is 1.76. The molecular weight excluding hydrogens is 206 g/mol. The highest BCUT2D eigenvalue weighted by molar-refractivity contribution is 5.76. The number of esters is 1. The summed E-state index contributed by atoms with van der Waals surface area (Å²) in [5.41, 5.74) is 0.736. The summed E-state index contributed by atoms with van der Waals surface area (Å²) in [4.78, 5) is 15.8. The van der Waals surface area contributed by atoms with Crippen molar-refractivity contribution in [3.05, 3.63) is 30.2 Å². The number of ether oxygens (including phenoxy) is 1. The highest BCUT2D eigenvalue weighted by atomic mass is 16.5. The van der Waals surface area contributed by atoms with Crippen molar-refractivity contribution in [2.24, 2.45) is 0 Å². The van der Waals surface area contributed by atoms with Gasteiger partial charge in [-0.05, 0) is 18.6 Å². The van der Waals surface area contributed by atoms with Crippen LogP contribution < -0.4 is 0 Å². The van der Waals surface area contributed by atoms with Crippen molar-refractivity contribution in [1.82, 2.24) is 14.6 Å². The summed E-state index contributed by atoms with van der Waals surface area (Å²) in [6, 6.07) is 5.60. The molecule has 2 aromatic rings. The summed E-state index contributed by atoms with van der Waals surface area (Å²) in [6.07, 6.45) is 2.43. The minimum absolute atomic E-state index is 0.293. The smallest absolute Gasteiger partial charge is 0.316 e. The predicted octanol–water partition coefficient (Wildman–Crippen LogP) is 1.40. The molecule has 0 amide bonds. The molecule has 0 aliphatic carbocycles. The Morgan fingerprint density at radius 2 is 2.38 bits per heavy atom. The molecule has 2 rings (SSSR count). The Bertz CT molecular complexity index is 474. The molecule has 0 fully saturated rings. The topological polar surface area (TPSA) is 56.5 Å². The second-order valence-electron chi connectivity index (χ2n) is 3.46. The molecule has 0 aliphatic heterocycles. The van der Waals surface area contributed by atoms with Crippen LogP contribution in [0.15, 0.2) is 24.4 Å². The molecule has 84 valence electrons. The molecule has 16 heavy (non-hydrogen) atoms. The zero-order valence-corrected chi connectivity index (χ0v) is 9.25. The number of pyridine rings is 1. The monoisotopic (exact) mass is 219 g/mol. The van der Waals surface area contributed by atoms with Gasteiger partial charge in [-0.15, -0.1) is 0 Å². The lowest BCUT2D eigenvalue weighted by Gasteiger charge is -2.06. The molecule has 0 aliphatic rings. The second-order valence-corrected chi connectivity index (χ2v) is 3.46. The number of carbonyl (C=O) groups is 1. The van der Waals surface area contributed by atoms with E-state index in [0.29, 0.717) is 12.2 Å². The van der Waals surface area contributed by atoms with E-state index in [1.165, 1.54) is 7.11 Å². The Hall–Kier alpha value is -1.91. The molecule has 2 aromatic heterocycles. The Balaban J connectivity index is 2.41. The van der Waals surface area contributed by atoms with E-state index in [4.69, 9.17) is 4.74 Å². The fourth-order valence-electron chi connectivity index (χ4n) is 1.59. The highest BCUT2D eigenvalue weighted by Gasteiger charge is 2.23. The van der Waals surface area contributed by atoms with Crippen LogP contribution in [0, 0.1) is 0 Å². The number of aromatic nitrogens is 3. The molecule has 0 saturated carbocycles. The van der Waals surface area contributed by atoms with Crippen molar-refractivity contribution < 1.29 is 9.53 Å². The number of carbonyl (C=O) groups excluding carboxylic acids is 1. The van der Waals surface area contributed by atoms with Gasteiger partial charge in [-0.1, -0.05) is 13.0 Å². The van der Waals surface area contributed by atoms with E-state index in [1.54, 1.807) is 10.7 Å². The summed E-state index contributed by atoms with van der Waals surface area (Å²) < 4.78 is 6.38. The highest BCUT2D eigenvalue weighted by Crippen LogP contribution is 2.17. The minimum Gasteiger partial charge on any atom is -0.468 e. The van der Waals surface area contributed by atoms with Gasteiger partial charge >= 0.3 is 5.97 Å². The van der Waals surface area contributed by atoms with E-state index in [0.717, 1.165) is 5.65 Å². The third-order valence-corrected chi connectivity index (χ3v) is 2.46. The van der Waals surface area contributed by atoms with Gasteiger partial charge in [-0.25, -0.2) is 9.50 Å². The molecule has 0 radical (unpaired) electrons. The number of rotatable bonds is 3. The minimum atomic E-state index is -0.384. The van der Waals surface area contributed by atoms with Crippen LogP contribution in [0.2, 0.25) is 0 Å². The normalized spacial score (nSPS) is 12.6. The molecule has 5 heteroatoms. The van der Waals surface area contributed by atoms with Gasteiger partial charge in [0, 0.05) is 6.20 Å². The first-order chi connectivity index (χ1) is 7.76. The Morgan fingerprint density at radius 3 is 3.00 bits per heavy atom. The number of methoxy groups -OCH3 is 1. The van der Waals surface area contributed by atoms with Gasteiger partial charge in [0.2, 0.25) is 0 Å². The summed E-state index contributed by atoms with van der Waals surface area (Å²) in [5, 5.41) is 4.26. The SMILES string of the molecule is CCC(C(=O)OC)c1nc2ccccn2n1. The lowest BCUT2D eigenvalue weighted by atomic mass is 10.1. The molecule has 1 unspecified atom stereocenters. The Labute approximate surface area is 93.1 Å². The van der Waals surface area contributed by atoms with Crippen LogP contribution >= 0.6 is 0 Å². The van der Waals surface area contributed by atoms with Gasteiger partial charge in [-0.3, -0.25) is 4.79 Å². The average Bonchev–Trinajstić information content (AvgIpc) is 2.72. The van der Waals surface area contributed by atoms with Crippen molar-refractivity contribution in [2.75, 3.05) is 7.11 Å². The van der Waals surface area contributed by atoms with Crippen LogP contribution in [0.4, 0.5) is 0 Å². The molecule has 0 bridgehead atoms. The van der Waals surface area contributed by atoms with Crippen molar-refractivity contribution in [1.29, 1.82) is 0 Å². The summed E-state index contributed by atoms with van der Waals surface area (Å²) in [6.45, 7) is 1.91. The fourth-order valence-corrected chi connectivity index (χ4v) is 1.59. The molecular formula is C11H13N3O2. The van der Waals surface area contributed by atoms with Gasteiger partial charge in [0.25, 0.3) is 0 Å². The zero-order valence-electron chi connectivity index (χ0n) is 9.25. The van der Waals surface area contributed by atoms with Crippen LogP contribution in [0.25, 0.3) is 5.65 Å². The fraction of sp³-hybridized carbons (Fsp3) is 0.364. The van der Waals surface area contributed by atoms with Gasteiger partial charge in [-0.2, -0.15) is 5.10 Å². The van der Waals surface area contributed by atoms with E-state index < -0.39 is 0 Å². The van der Waals surface area contributed by atoms with Crippen LogP contribution in [0.3, 0.4) is 0 Å². The van der Waals surface area contributed by atoms with Crippen LogP contribution in [-0.4, -0.2) is 27.7 Å². The lowest BCUT2D eigenvalue weighted by Crippen LogP contribution is -2.14. The van der Waals surface area contributed by atoms with Gasteiger partial charge in [0.05, 0.1) is 7.11 Å². The van der Waals surface area contributed by atoms with E-state index in [-0.39, 0.29) is 11.9 Å². The van der Waals surface area contributed by atoms with Crippen molar-refractivity contribution in [3.63, 3.8) is 0 Å². The molecule has 0 saturated heterocycles. The van der Waals surface area contributed by atoms with Crippen LogP contribution in [0.1, 0.15) is 25.1 Å². The van der Waals surface area contributed by atoms with Crippen molar-refractivity contribution >= 4 is 11.6 Å². The zero-order chi connectivity index (χ0) is 11.5. The molecule has 0 N–H and O–H groups in total. The van der Waals surface area contributed by atoms with E-state index in [2.05, 4.69) is 10.1 Å². The number of nitrogens with zero attached hydrogens (tertiary/aromatic N) is 3. The Kier molecular flexibility index (Phi) is 2.85. The third-order valence-electron chi connectivity index (χ3n) is 2.46. The predicted molar refractivity (Wildman–Crippen MR) is 58.0 cm³/mol. The number of hydrogen-bond donors (Lipinski definition) is 0. The van der Waals surface area contributed by atoms with Crippen LogP contribution in [-0.2, 0) is 9.53 Å². The van der Waals surface area contributed by atoms with E-state index in [9.17, 15) is 4.79 Å². The standard InChI is InChI=1S/C11H13N3O2/c1-3-8(11(15)16-2)10-12-9-6-4-5-7-14(9)13-10/h4-8H,3H2,1-2H3. The average molecular weight is 219 g/mol. The number of hydrogen-bond acceptors (Lipinski definition) is 4. The summed E-state index contributed by atoms with van der Waals surface area (Å²) in [5.74, 6) is -0.163. The molecule has 1 atom stereocenters. The van der Waals surface area contributed by atoms with Gasteiger partial charge in [0.1, 0.15) is 5.92 Å². The van der Waals surface area contributed by atoms with Crippen molar-refractivity contribution in [2.45, 2.75) is 19.3 Å². The lowest BCUT2D eigenvalue weighted by molar-refractivity contribution is -0.142. The summed E-state index contributed by atoms with van der Waals surface area (Å²) >= 11 is 0. The van der Waals surface area contributed by atoms with E-state index >= 15 is 0 Å². The van der Waals surface area contributed by atoms with E-state index in [1.807, 2.05) is 25.1 Å². The largest absolute Gasteiger partial charge is 0.468 e.